The van der Waals surface area contributed by atoms with Crippen LogP contribution in [0.3, 0.4) is 0 Å². The van der Waals surface area contributed by atoms with Crippen LogP contribution in [-0.4, -0.2) is 52.4 Å². The molecule has 1 atom stereocenters. The van der Waals surface area contributed by atoms with Gasteiger partial charge in [-0.1, -0.05) is 35.5 Å². The van der Waals surface area contributed by atoms with Crippen molar-refractivity contribution in [1.29, 1.82) is 0 Å². The number of benzene rings is 1. The highest BCUT2D eigenvalue weighted by Crippen LogP contribution is 2.31. The van der Waals surface area contributed by atoms with E-state index in [1.807, 2.05) is 11.4 Å². The molecule has 11 heteroatoms. The van der Waals surface area contributed by atoms with Gasteiger partial charge in [0.1, 0.15) is 6.54 Å². The highest BCUT2D eigenvalue weighted by atomic mass is 35.5. The zero-order chi connectivity index (χ0) is 20.7. The van der Waals surface area contributed by atoms with Gasteiger partial charge in [-0.2, -0.15) is 13.2 Å². The molecule has 0 radical (unpaired) electrons. The predicted molar refractivity (Wildman–Crippen MR) is 101 cm³/mol. The Balaban J connectivity index is 2.21. The fraction of sp³-hybridized carbons (Fsp3) is 0.471. The number of hydrogen-bond donors (Lipinski definition) is 1. The average molecular weight is 437 g/mol. The second-order valence-corrected chi connectivity index (χ2v) is 7.59. The molecule has 0 fully saturated rings. The molecule has 6 nitrogen and oxygen atoms in total. The third-order valence-electron chi connectivity index (χ3n) is 3.68. The zero-order valence-corrected chi connectivity index (χ0v) is 16.9. The van der Waals surface area contributed by atoms with Gasteiger partial charge >= 0.3 is 6.18 Å². The zero-order valence-electron chi connectivity index (χ0n) is 15.3. The van der Waals surface area contributed by atoms with Crippen molar-refractivity contribution in [2.24, 2.45) is 0 Å². The van der Waals surface area contributed by atoms with Crippen LogP contribution >= 0.6 is 23.4 Å². The molecule has 1 aromatic carbocycles. The standard InChI is InChI=1S/C17H20ClF3N4O2S/c1-11(15(26)22-10-17(19,20)21)28-16-24-23-14(25(16)8-5-9-27-2)12-6-3-4-7-13(12)18/h3-4,6-7,11H,5,8-10H2,1-2H3,(H,22,26). The first kappa shape index (κ1) is 22.5. The van der Waals surface area contributed by atoms with Crippen LogP contribution in [0.5, 0.6) is 0 Å². The van der Waals surface area contributed by atoms with Gasteiger partial charge in [0.25, 0.3) is 0 Å². The molecule has 1 aromatic heterocycles. The van der Waals surface area contributed by atoms with E-state index in [0.29, 0.717) is 41.1 Å². The van der Waals surface area contributed by atoms with Crippen LogP contribution in [0.25, 0.3) is 11.4 Å². The molecule has 1 heterocycles. The minimum absolute atomic E-state index is 0.417. The average Bonchev–Trinajstić information content (AvgIpc) is 3.02. The summed E-state index contributed by atoms with van der Waals surface area (Å²) in [7, 11) is 1.59. The number of nitrogens with zero attached hydrogens (tertiary/aromatic N) is 3. The van der Waals surface area contributed by atoms with Gasteiger partial charge in [-0.25, -0.2) is 0 Å². The summed E-state index contributed by atoms with van der Waals surface area (Å²) in [5.41, 5.74) is 0.676. The number of hydrogen-bond acceptors (Lipinski definition) is 5. The first-order chi connectivity index (χ1) is 13.2. The highest BCUT2D eigenvalue weighted by Gasteiger charge is 2.29. The molecular formula is C17H20ClF3N4O2S. The van der Waals surface area contributed by atoms with Crippen LogP contribution in [0.15, 0.2) is 29.4 Å². The van der Waals surface area contributed by atoms with Crippen molar-refractivity contribution < 1.29 is 22.7 Å². The molecule has 0 bridgehead atoms. The van der Waals surface area contributed by atoms with E-state index in [0.717, 1.165) is 11.8 Å². The Bertz CT molecular complexity index is 801. The Kier molecular flexibility index (Phi) is 8.14. The number of nitrogens with one attached hydrogen (secondary N) is 1. The van der Waals surface area contributed by atoms with Crippen LogP contribution < -0.4 is 5.32 Å². The number of carbonyl (C=O) groups excluding carboxylic acids is 1. The van der Waals surface area contributed by atoms with E-state index in [9.17, 15) is 18.0 Å². The number of ether oxygens (including phenoxy) is 1. The third-order valence-corrected chi connectivity index (χ3v) is 5.09. The fourth-order valence-corrected chi connectivity index (χ4v) is 3.45. The number of rotatable bonds is 9. The normalized spacial score (nSPS) is 12.8. The summed E-state index contributed by atoms with van der Waals surface area (Å²) in [6, 6.07) is 7.13. The number of carbonyl (C=O) groups is 1. The summed E-state index contributed by atoms with van der Waals surface area (Å²) in [6.07, 6.45) is -3.80. The SMILES string of the molecule is COCCCn1c(SC(C)C(=O)NCC(F)(F)F)nnc1-c1ccccc1Cl. The number of aromatic nitrogens is 3. The monoisotopic (exact) mass is 436 g/mol. The maximum atomic E-state index is 12.3. The molecule has 154 valence electrons. The molecule has 2 rings (SSSR count). The molecule has 1 N–H and O–H groups in total. The van der Waals surface area contributed by atoms with Crippen LogP contribution in [-0.2, 0) is 16.1 Å². The molecule has 2 aromatic rings. The van der Waals surface area contributed by atoms with Crippen LogP contribution in [0.4, 0.5) is 13.2 Å². The molecule has 1 amide bonds. The lowest BCUT2D eigenvalue weighted by molar-refractivity contribution is -0.137. The first-order valence-electron chi connectivity index (χ1n) is 8.41. The van der Waals surface area contributed by atoms with E-state index >= 15 is 0 Å². The van der Waals surface area contributed by atoms with E-state index in [1.165, 1.54) is 6.92 Å². The van der Waals surface area contributed by atoms with Crippen molar-refractivity contribution in [3.05, 3.63) is 29.3 Å². The van der Waals surface area contributed by atoms with Crippen LogP contribution in [0, 0.1) is 0 Å². The van der Waals surface area contributed by atoms with Gasteiger partial charge < -0.3 is 14.6 Å². The Labute approximate surface area is 169 Å². The summed E-state index contributed by atoms with van der Waals surface area (Å²) < 4.78 is 43.8. The molecule has 0 aliphatic heterocycles. The van der Waals surface area contributed by atoms with Gasteiger partial charge in [0.05, 0.1) is 10.3 Å². The molecule has 0 saturated carbocycles. The van der Waals surface area contributed by atoms with Crippen molar-refractivity contribution in [2.45, 2.75) is 36.5 Å². The number of methoxy groups -OCH3 is 1. The lowest BCUT2D eigenvalue weighted by Crippen LogP contribution is -2.38. The topological polar surface area (TPSA) is 69.0 Å². The van der Waals surface area contributed by atoms with Crippen LogP contribution in [0.2, 0.25) is 5.02 Å². The minimum Gasteiger partial charge on any atom is -0.385 e. The molecule has 0 aliphatic carbocycles. The van der Waals surface area contributed by atoms with Gasteiger partial charge in [0.15, 0.2) is 11.0 Å². The van der Waals surface area contributed by atoms with Gasteiger partial charge in [0, 0.05) is 25.8 Å². The molecule has 0 spiro atoms. The molecule has 0 saturated heterocycles. The van der Waals surface area contributed by atoms with Crippen molar-refractivity contribution in [2.75, 3.05) is 20.3 Å². The number of halogens is 4. The number of amides is 1. The van der Waals surface area contributed by atoms with Crippen molar-refractivity contribution >= 4 is 29.3 Å². The second kappa shape index (κ2) is 10.1. The lowest BCUT2D eigenvalue weighted by Gasteiger charge is -2.15. The second-order valence-electron chi connectivity index (χ2n) is 5.88. The number of alkyl halides is 3. The summed E-state index contributed by atoms with van der Waals surface area (Å²) in [6.45, 7) is 1.15. The summed E-state index contributed by atoms with van der Waals surface area (Å²) in [5.74, 6) is -0.208. The smallest absolute Gasteiger partial charge is 0.385 e. The van der Waals surface area contributed by atoms with Crippen molar-refractivity contribution in [3.8, 4) is 11.4 Å². The Morgan fingerprint density at radius 3 is 2.71 bits per heavy atom. The summed E-state index contributed by atoms with van der Waals surface area (Å²) in [4.78, 5) is 12.0. The first-order valence-corrected chi connectivity index (χ1v) is 9.67. The summed E-state index contributed by atoms with van der Waals surface area (Å²) >= 11 is 7.29. The Morgan fingerprint density at radius 2 is 2.07 bits per heavy atom. The van der Waals surface area contributed by atoms with Crippen molar-refractivity contribution in [1.82, 2.24) is 20.1 Å². The number of thioether (sulfide) groups is 1. The van der Waals surface area contributed by atoms with Crippen molar-refractivity contribution in [3.63, 3.8) is 0 Å². The maximum Gasteiger partial charge on any atom is 0.405 e. The van der Waals surface area contributed by atoms with E-state index < -0.39 is 23.9 Å². The Morgan fingerprint density at radius 1 is 1.36 bits per heavy atom. The van der Waals surface area contributed by atoms with Gasteiger partial charge in [0.2, 0.25) is 5.91 Å². The summed E-state index contributed by atoms with van der Waals surface area (Å²) in [5, 5.41) is 10.3. The molecule has 1 unspecified atom stereocenters. The fourth-order valence-electron chi connectivity index (χ4n) is 2.33. The van der Waals surface area contributed by atoms with E-state index in [2.05, 4.69) is 10.2 Å². The quantitative estimate of drug-likeness (QED) is 0.478. The van der Waals surface area contributed by atoms with Crippen LogP contribution in [0.1, 0.15) is 13.3 Å². The van der Waals surface area contributed by atoms with E-state index in [1.54, 1.807) is 29.9 Å². The third kappa shape index (κ3) is 6.39. The van der Waals surface area contributed by atoms with Gasteiger partial charge in [-0.05, 0) is 25.5 Å². The maximum absolute atomic E-state index is 12.3. The minimum atomic E-state index is -4.46. The lowest BCUT2D eigenvalue weighted by atomic mass is 10.2. The van der Waals surface area contributed by atoms with E-state index in [4.69, 9.17) is 16.3 Å². The molecular weight excluding hydrogens is 417 g/mol. The molecule has 28 heavy (non-hydrogen) atoms. The van der Waals surface area contributed by atoms with Gasteiger partial charge in [-0.15, -0.1) is 10.2 Å². The van der Waals surface area contributed by atoms with E-state index in [-0.39, 0.29) is 0 Å². The predicted octanol–water partition coefficient (Wildman–Crippen LogP) is 3.79. The largest absolute Gasteiger partial charge is 0.405 e. The molecule has 0 aliphatic rings. The highest BCUT2D eigenvalue weighted by molar-refractivity contribution is 8.00. The Hall–Kier alpha value is -1.78. The van der Waals surface area contributed by atoms with Gasteiger partial charge in [-0.3, -0.25) is 4.79 Å².